The lowest BCUT2D eigenvalue weighted by molar-refractivity contribution is -0.138. The maximum atomic E-state index is 12.3. The molecular weight excluding hydrogens is 268 g/mol. The van der Waals surface area contributed by atoms with Crippen molar-refractivity contribution >= 4 is 23.5 Å². The summed E-state index contributed by atoms with van der Waals surface area (Å²) in [6, 6.07) is 2.94. The minimum absolute atomic E-state index is 0.0146. The minimum atomic E-state index is -0.881. The van der Waals surface area contributed by atoms with Crippen LogP contribution in [-0.4, -0.2) is 39.5 Å². The van der Waals surface area contributed by atoms with Gasteiger partial charge in [0.05, 0.1) is 11.4 Å². The van der Waals surface area contributed by atoms with Crippen LogP contribution in [-0.2, 0) is 4.79 Å². The van der Waals surface area contributed by atoms with Gasteiger partial charge < -0.3 is 10.0 Å². The van der Waals surface area contributed by atoms with Crippen LogP contribution in [0.15, 0.2) is 18.3 Å². The van der Waals surface area contributed by atoms with E-state index in [0.29, 0.717) is 17.3 Å². The van der Waals surface area contributed by atoms with E-state index in [0.717, 1.165) is 19.3 Å². The summed E-state index contributed by atoms with van der Waals surface area (Å²) in [5.41, 5.74) is 0.307. The maximum absolute atomic E-state index is 12.3. The standard InChI is InChI=1S/C13H15ClN2O3/c14-9-4-5-11(15-8-9)13(19)16-6-2-1-3-10(16)7-12(17)18/h4-5,8,10H,1-3,6-7H2,(H,17,18). The molecule has 0 saturated carbocycles. The van der Waals surface area contributed by atoms with Crippen LogP contribution in [0.2, 0.25) is 5.02 Å². The van der Waals surface area contributed by atoms with Gasteiger partial charge in [0.2, 0.25) is 0 Å². The number of amides is 1. The number of rotatable bonds is 3. The van der Waals surface area contributed by atoms with Crippen molar-refractivity contribution in [1.82, 2.24) is 9.88 Å². The van der Waals surface area contributed by atoms with E-state index in [1.54, 1.807) is 17.0 Å². The molecule has 1 aliphatic heterocycles. The highest BCUT2D eigenvalue weighted by molar-refractivity contribution is 6.30. The van der Waals surface area contributed by atoms with Crippen molar-refractivity contribution in [3.05, 3.63) is 29.0 Å². The van der Waals surface area contributed by atoms with Gasteiger partial charge in [0.1, 0.15) is 5.69 Å². The monoisotopic (exact) mass is 282 g/mol. The Balaban J connectivity index is 2.15. The zero-order chi connectivity index (χ0) is 13.8. The van der Waals surface area contributed by atoms with Gasteiger partial charge in [0.25, 0.3) is 5.91 Å². The lowest BCUT2D eigenvalue weighted by Gasteiger charge is -2.34. The first-order chi connectivity index (χ1) is 9.08. The fraction of sp³-hybridized carbons (Fsp3) is 0.462. The second-order valence-electron chi connectivity index (χ2n) is 4.61. The molecular formula is C13H15ClN2O3. The van der Waals surface area contributed by atoms with Gasteiger partial charge in [-0.1, -0.05) is 11.6 Å². The average molecular weight is 283 g/mol. The lowest BCUT2D eigenvalue weighted by atomic mass is 9.99. The molecule has 2 rings (SSSR count). The van der Waals surface area contributed by atoms with Crippen LogP contribution in [0.4, 0.5) is 0 Å². The van der Waals surface area contributed by atoms with Crippen LogP contribution in [0.25, 0.3) is 0 Å². The number of aromatic nitrogens is 1. The van der Waals surface area contributed by atoms with Crippen LogP contribution < -0.4 is 0 Å². The molecule has 0 radical (unpaired) electrons. The van der Waals surface area contributed by atoms with Crippen molar-refractivity contribution in [3.63, 3.8) is 0 Å². The molecule has 2 heterocycles. The van der Waals surface area contributed by atoms with Gasteiger partial charge >= 0.3 is 5.97 Å². The molecule has 102 valence electrons. The molecule has 1 saturated heterocycles. The molecule has 0 aliphatic carbocycles. The largest absolute Gasteiger partial charge is 0.481 e. The molecule has 1 unspecified atom stereocenters. The maximum Gasteiger partial charge on any atom is 0.305 e. The Morgan fingerprint density at radius 2 is 2.21 bits per heavy atom. The van der Waals surface area contributed by atoms with E-state index >= 15 is 0 Å². The Bertz CT molecular complexity index is 475. The van der Waals surface area contributed by atoms with E-state index in [9.17, 15) is 9.59 Å². The number of nitrogens with zero attached hydrogens (tertiary/aromatic N) is 2. The molecule has 0 spiro atoms. The molecule has 1 amide bonds. The molecule has 0 aromatic carbocycles. The number of carbonyl (C=O) groups is 2. The molecule has 5 nitrogen and oxygen atoms in total. The van der Waals surface area contributed by atoms with Crippen LogP contribution in [0, 0.1) is 0 Å². The van der Waals surface area contributed by atoms with E-state index in [4.69, 9.17) is 16.7 Å². The van der Waals surface area contributed by atoms with E-state index in [1.165, 1.54) is 6.20 Å². The van der Waals surface area contributed by atoms with Crippen LogP contribution in [0.1, 0.15) is 36.2 Å². The number of hydrogen-bond acceptors (Lipinski definition) is 3. The number of likely N-dealkylation sites (tertiary alicyclic amines) is 1. The second-order valence-corrected chi connectivity index (χ2v) is 5.04. The predicted molar refractivity (Wildman–Crippen MR) is 70.2 cm³/mol. The number of halogens is 1. The van der Waals surface area contributed by atoms with Gasteiger partial charge in [-0.15, -0.1) is 0 Å². The third-order valence-corrected chi connectivity index (χ3v) is 3.47. The molecule has 1 aliphatic rings. The van der Waals surface area contributed by atoms with Crippen LogP contribution in [0.3, 0.4) is 0 Å². The normalized spacial score (nSPS) is 19.2. The number of aliphatic carboxylic acids is 1. The molecule has 0 bridgehead atoms. The number of pyridine rings is 1. The third kappa shape index (κ3) is 3.44. The smallest absolute Gasteiger partial charge is 0.305 e. The Labute approximate surface area is 116 Å². The SMILES string of the molecule is O=C(O)CC1CCCCN1C(=O)c1ccc(Cl)cn1. The highest BCUT2D eigenvalue weighted by atomic mass is 35.5. The van der Waals surface area contributed by atoms with Crippen molar-refractivity contribution in [3.8, 4) is 0 Å². The fourth-order valence-corrected chi connectivity index (χ4v) is 2.44. The van der Waals surface area contributed by atoms with Gasteiger partial charge in [-0.25, -0.2) is 4.98 Å². The fourth-order valence-electron chi connectivity index (χ4n) is 2.33. The van der Waals surface area contributed by atoms with Gasteiger partial charge in [-0.3, -0.25) is 9.59 Å². The van der Waals surface area contributed by atoms with Crippen LogP contribution >= 0.6 is 11.6 Å². The van der Waals surface area contributed by atoms with Crippen molar-refractivity contribution in [1.29, 1.82) is 0 Å². The Morgan fingerprint density at radius 1 is 1.42 bits per heavy atom. The first-order valence-corrected chi connectivity index (χ1v) is 6.60. The molecule has 1 aromatic rings. The number of carboxylic acid groups (broad SMARTS) is 1. The van der Waals surface area contributed by atoms with Gasteiger partial charge in [0, 0.05) is 18.8 Å². The predicted octanol–water partition coefficient (Wildman–Crippen LogP) is 2.20. The number of carboxylic acids is 1. The first kappa shape index (κ1) is 13.8. The van der Waals surface area contributed by atoms with Crippen LogP contribution in [0.5, 0.6) is 0 Å². The summed E-state index contributed by atoms with van der Waals surface area (Å²) >= 11 is 5.73. The Morgan fingerprint density at radius 3 is 2.84 bits per heavy atom. The summed E-state index contributed by atoms with van der Waals surface area (Å²) in [5, 5.41) is 9.37. The first-order valence-electron chi connectivity index (χ1n) is 6.22. The molecule has 6 heteroatoms. The number of hydrogen-bond donors (Lipinski definition) is 1. The van der Waals surface area contributed by atoms with E-state index < -0.39 is 5.97 Å². The zero-order valence-corrected chi connectivity index (χ0v) is 11.1. The lowest BCUT2D eigenvalue weighted by Crippen LogP contribution is -2.45. The summed E-state index contributed by atoms with van der Waals surface area (Å²) in [6.45, 7) is 0.584. The Hall–Kier alpha value is -1.62. The van der Waals surface area contributed by atoms with E-state index in [-0.39, 0.29) is 18.4 Å². The molecule has 1 fully saturated rings. The van der Waals surface area contributed by atoms with Crippen molar-refractivity contribution < 1.29 is 14.7 Å². The average Bonchev–Trinajstić information content (AvgIpc) is 2.39. The highest BCUT2D eigenvalue weighted by Crippen LogP contribution is 2.21. The Kier molecular flexibility index (Phi) is 4.37. The topological polar surface area (TPSA) is 70.5 Å². The van der Waals surface area contributed by atoms with Gasteiger partial charge in [-0.2, -0.15) is 0 Å². The van der Waals surface area contributed by atoms with E-state index in [2.05, 4.69) is 4.98 Å². The third-order valence-electron chi connectivity index (χ3n) is 3.24. The summed E-state index contributed by atoms with van der Waals surface area (Å²) in [6.07, 6.45) is 3.99. The second kappa shape index (κ2) is 6.02. The minimum Gasteiger partial charge on any atom is -0.481 e. The quantitative estimate of drug-likeness (QED) is 0.923. The molecule has 19 heavy (non-hydrogen) atoms. The van der Waals surface area contributed by atoms with Crippen molar-refractivity contribution in [2.24, 2.45) is 0 Å². The summed E-state index contributed by atoms with van der Waals surface area (Å²) in [5.74, 6) is -1.10. The van der Waals surface area contributed by atoms with Crippen molar-refractivity contribution in [2.45, 2.75) is 31.7 Å². The molecule has 1 atom stereocenters. The van der Waals surface area contributed by atoms with Crippen molar-refractivity contribution in [2.75, 3.05) is 6.54 Å². The summed E-state index contributed by atoms with van der Waals surface area (Å²) in [7, 11) is 0. The van der Waals surface area contributed by atoms with Gasteiger partial charge in [0.15, 0.2) is 0 Å². The highest BCUT2D eigenvalue weighted by Gasteiger charge is 2.29. The number of piperidine rings is 1. The zero-order valence-electron chi connectivity index (χ0n) is 10.4. The summed E-state index contributed by atoms with van der Waals surface area (Å²) < 4.78 is 0. The number of carbonyl (C=O) groups excluding carboxylic acids is 1. The molecule has 1 aromatic heterocycles. The summed E-state index contributed by atoms with van der Waals surface area (Å²) in [4.78, 5) is 28.8. The molecule has 1 N–H and O–H groups in total. The van der Waals surface area contributed by atoms with Gasteiger partial charge in [-0.05, 0) is 31.4 Å². The van der Waals surface area contributed by atoms with E-state index in [1.807, 2.05) is 0 Å².